The zero-order valence-corrected chi connectivity index (χ0v) is 16.1. The summed E-state index contributed by atoms with van der Waals surface area (Å²) in [7, 11) is 0. The molecule has 144 valence electrons. The zero-order valence-electron chi connectivity index (χ0n) is 16.1. The van der Waals surface area contributed by atoms with E-state index < -0.39 is 11.9 Å². The summed E-state index contributed by atoms with van der Waals surface area (Å²) < 4.78 is 5.92. The fraction of sp³-hybridized carbons (Fsp3) is 0.318. The Morgan fingerprint density at radius 3 is 2.50 bits per heavy atom. The summed E-state index contributed by atoms with van der Waals surface area (Å²) in [4.78, 5) is 29.4. The molecule has 4 rings (SSSR count). The molecular formula is C22H22N2O4. The van der Waals surface area contributed by atoms with Crippen LogP contribution in [0.2, 0.25) is 0 Å². The smallest absolute Gasteiger partial charge is 0.308 e. The summed E-state index contributed by atoms with van der Waals surface area (Å²) in [5, 5.41) is 9.16. The standard InChI is InChI=1S/C22H22N2O4/c1-22(2,3)15-6-4-13(5-7-15)20-23-17-9-8-16(11-18(17)28-20)24-12-14(21(26)27)10-19(24)25/h4-9,11,14H,10,12H2,1-3H3,(H,26,27). The SMILES string of the molecule is CC(C)(C)c1ccc(-c2nc3ccc(N4CC(C(=O)O)CC4=O)cc3o2)cc1. The Bertz CT molecular complexity index is 1060. The number of anilines is 1. The van der Waals surface area contributed by atoms with Crippen molar-refractivity contribution in [3.63, 3.8) is 0 Å². The third-order valence-electron chi connectivity index (χ3n) is 5.16. The van der Waals surface area contributed by atoms with Gasteiger partial charge >= 0.3 is 5.97 Å². The van der Waals surface area contributed by atoms with E-state index in [1.165, 1.54) is 10.5 Å². The fourth-order valence-corrected chi connectivity index (χ4v) is 3.44. The molecule has 2 heterocycles. The summed E-state index contributed by atoms with van der Waals surface area (Å²) in [5.41, 5.74) is 4.08. The Kier molecular flexibility index (Phi) is 4.22. The molecule has 0 aliphatic carbocycles. The maximum atomic E-state index is 12.2. The summed E-state index contributed by atoms with van der Waals surface area (Å²) in [5.74, 6) is -1.29. The minimum atomic E-state index is -0.947. The molecule has 0 spiro atoms. The van der Waals surface area contributed by atoms with Crippen LogP contribution < -0.4 is 4.90 Å². The van der Waals surface area contributed by atoms with Gasteiger partial charge in [-0.2, -0.15) is 0 Å². The molecule has 1 aliphatic heterocycles. The second kappa shape index (κ2) is 6.48. The number of rotatable bonds is 3. The molecule has 1 aliphatic rings. The van der Waals surface area contributed by atoms with Gasteiger partial charge in [0.1, 0.15) is 5.52 Å². The maximum Gasteiger partial charge on any atom is 0.308 e. The first-order valence-corrected chi connectivity index (χ1v) is 9.27. The molecule has 1 fully saturated rings. The lowest BCUT2D eigenvalue weighted by atomic mass is 9.87. The van der Waals surface area contributed by atoms with E-state index >= 15 is 0 Å². The molecule has 6 nitrogen and oxygen atoms in total. The molecule has 1 unspecified atom stereocenters. The molecule has 28 heavy (non-hydrogen) atoms. The number of benzene rings is 2. The lowest BCUT2D eigenvalue weighted by Gasteiger charge is -2.18. The van der Waals surface area contributed by atoms with Crippen molar-refractivity contribution >= 4 is 28.7 Å². The van der Waals surface area contributed by atoms with E-state index in [0.29, 0.717) is 22.7 Å². The summed E-state index contributed by atoms with van der Waals surface area (Å²) in [6, 6.07) is 13.5. The van der Waals surface area contributed by atoms with Gasteiger partial charge in [-0.15, -0.1) is 0 Å². The van der Waals surface area contributed by atoms with Crippen LogP contribution in [-0.2, 0) is 15.0 Å². The first kappa shape index (κ1) is 18.2. The van der Waals surface area contributed by atoms with Crippen molar-refractivity contribution in [3.8, 4) is 11.5 Å². The van der Waals surface area contributed by atoms with Gasteiger partial charge in [0.15, 0.2) is 5.58 Å². The molecule has 1 N–H and O–H groups in total. The molecule has 1 saturated heterocycles. The normalized spacial score (nSPS) is 17.5. The Labute approximate surface area is 162 Å². The number of hydrogen-bond acceptors (Lipinski definition) is 4. The number of aromatic nitrogens is 1. The lowest BCUT2D eigenvalue weighted by molar-refractivity contribution is -0.141. The number of aliphatic carboxylic acids is 1. The van der Waals surface area contributed by atoms with Crippen molar-refractivity contribution in [1.29, 1.82) is 0 Å². The van der Waals surface area contributed by atoms with Crippen LogP contribution in [0.1, 0.15) is 32.8 Å². The van der Waals surface area contributed by atoms with Crippen molar-refractivity contribution in [3.05, 3.63) is 48.0 Å². The molecular weight excluding hydrogens is 356 g/mol. The number of amides is 1. The molecule has 0 bridgehead atoms. The first-order chi connectivity index (χ1) is 13.2. The van der Waals surface area contributed by atoms with E-state index in [-0.39, 0.29) is 24.3 Å². The number of carboxylic acid groups (broad SMARTS) is 1. The van der Waals surface area contributed by atoms with E-state index in [9.17, 15) is 9.59 Å². The largest absolute Gasteiger partial charge is 0.481 e. The van der Waals surface area contributed by atoms with Gasteiger partial charge < -0.3 is 14.4 Å². The van der Waals surface area contributed by atoms with E-state index in [1.807, 2.05) is 12.1 Å². The van der Waals surface area contributed by atoms with Gasteiger partial charge in [0.25, 0.3) is 0 Å². The first-order valence-electron chi connectivity index (χ1n) is 9.27. The van der Waals surface area contributed by atoms with Crippen molar-refractivity contribution < 1.29 is 19.1 Å². The molecule has 0 saturated carbocycles. The second-order valence-corrected chi connectivity index (χ2v) is 8.24. The Balaban J connectivity index is 1.64. The Hall–Kier alpha value is -3.15. The lowest BCUT2D eigenvalue weighted by Crippen LogP contribution is -2.25. The quantitative estimate of drug-likeness (QED) is 0.737. The highest BCUT2D eigenvalue weighted by atomic mass is 16.4. The number of hydrogen-bond donors (Lipinski definition) is 1. The van der Waals surface area contributed by atoms with E-state index in [0.717, 1.165) is 5.56 Å². The summed E-state index contributed by atoms with van der Waals surface area (Å²) in [6.07, 6.45) is 0.0230. The number of carbonyl (C=O) groups excluding carboxylic acids is 1. The van der Waals surface area contributed by atoms with Crippen LogP contribution >= 0.6 is 0 Å². The van der Waals surface area contributed by atoms with Crippen LogP contribution in [0.3, 0.4) is 0 Å². The predicted molar refractivity (Wildman–Crippen MR) is 106 cm³/mol. The van der Waals surface area contributed by atoms with E-state index in [2.05, 4.69) is 37.9 Å². The van der Waals surface area contributed by atoms with Crippen LogP contribution in [0.25, 0.3) is 22.6 Å². The topological polar surface area (TPSA) is 83.6 Å². The fourth-order valence-electron chi connectivity index (χ4n) is 3.44. The molecule has 6 heteroatoms. The van der Waals surface area contributed by atoms with E-state index in [4.69, 9.17) is 9.52 Å². The van der Waals surface area contributed by atoms with Crippen molar-refractivity contribution in [2.75, 3.05) is 11.4 Å². The van der Waals surface area contributed by atoms with Crippen molar-refractivity contribution in [2.24, 2.45) is 5.92 Å². The van der Waals surface area contributed by atoms with Gasteiger partial charge in [0.2, 0.25) is 11.8 Å². The minimum absolute atomic E-state index is 0.0230. The highest BCUT2D eigenvalue weighted by Gasteiger charge is 2.35. The number of nitrogens with zero attached hydrogens (tertiary/aromatic N) is 2. The van der Waals surface area contributed by atoms with Gasteiger partial charge in [-0.1, -0.05) is 32.9 Å². The highest BCUT2D eigenvalue weighted by Crippen LogP contribution is 2.31. The predicted octanol–water partition coefficient (Wildman–Crippen LogP) is 4.23. The van der Waals surface area contributed by atoms with Gasteiger partial charge in [-0.05, 0) is 35.2 Å². The Morgan fingerprint density at radius 1 is 1.18 bits per heavy atom. The third-order valence-corrected chi connectivity index (χ3v) is 5.16. The molecule has 1 atom stereocenters. The van der Waals surface area contributed by atoms with Crippen LogP contribution in [0, 0.1) is 5.92 Å². The molecule has 1 aromatic heterocycles. The Morgan fingerprint density at radius 2 is 1.89 bits per heavy atom. The van der Waals surface area contributed by atoms with Gasteiger partial charge in [-0.3, -0.25) is 9.59 Å². The average molecular weight is 378 g/mol. The molecule has 0 radical (unpaired) electrons. The van der Waals surface area contributed by atoms with Crippen LogP contribution in [-0.4, -0.2) is 28.5 Å². The van der Waals surface area contributed by atoms with Crippen molar-refractivity contribution in [1.82, 2.24) is 4.98 Å². The second-order valence-electron chi connectivity index (χ2n) is 8.24. The number of oxazole rings is 1. The van der Waals surface area contributed by atoms with Gasteiger partial charge in [0.05, 0.1) is 5.92 Å². The summed E-state index contributed by atoms with van der Waals surface area (Å²) >= 11 is 0. The number of carbonyl (C=O) groups is 2. The average Bonchev–Trinajstić information content (AvgIpc) is 3.24. The van der Waals surface area contributed by atoms with Crippen LogP contribution in [0.15, 0.2) is 46.9 Å². The molecule has 1 amide bonds. The van der Waals surface area contributed by atoms with Crippen LogP contribution in [0.5, 0.6) is 0 Å². The van der Waals surface area contributed by atoms with Gasteiger partial charge in [-0.25, -0.2) is 4.98 Å². The van der Waals surface area contributed by atoms with Crippen molar-refractivity contribution in [2.45, 2.75) is 32.6 Å². The van der Waals surface area contributed by atoms with Gasteiger partial charge in [0, 0.05) is 30.3 Å². The molecule has 3 aromatic rings. The molecule has 2 aromatic carbocycles. The number of carboxylic acids is 1. The highest BCUT2D eigenvalue weighted by molar-refractivity contribution is 6.00. The van der Waals surface area contributed by atoms with Crippen LogP contribution in [0.4, 0.5) is 5.69 Å². The maximum absolute atomic E-state index is 12.2. The minimum Gasteiger partial charge on any atom is -0.481 e. The summed E-state index contributed by atoms with van der Waals surface area (Å²) in [6.45, 7) is 6.67. The monoisotopic (exact) mass is 378 g/mol. The number of fused-ring (bicyclic) bond motifs is 1. The van der Waals surface area contributed by atoms with E-state index in [1.54, 1.807) is 18.2 Å². The third kappa shape index (κ3) is 3.26. The zero-order chi connectivity index (χ0) is 20.1.